The minimum atomic E-state index is -0.667. The summed E-state index contributed by atoms with van der Waals surface area (Å²) in [6.45, 7) is 8.45. The molecule has 0 amide bonds. The third-order valence-corrected chi connectivity index (χ3v) is 6.63. The zero-order chi connectivity index (χ0) is 25.2. The van der Waals surface area contributed by atoms with E-state index in [0.717, 1.165) is 16.8 Å². The van der Waals surface area contributed by atoms with Crippen LogP contribution < -0.4 is 9.47 Å². The van der Waals surface area contributed by atoms with Crippen molar-refractivity contribution in [1.29, 1.82) is 0 Å². The lowest BCUT2D eigenvalue weighted by molar-refractivity contribution is -0.146. The van der Waals surface area contributed by atoms with E-state index in [2.05, 4.69) is 13.8 Å². The van der Waals surface area contributed by atoms with Crippen LogP contribution in [0.1, 0.15) is 57.6 Å². The van der Waals surface area contributed by atoms with E-state index in [9.17, 15) is 9.59 Å². The fourth-order valence-electron chi connectivity index (χ4n) is 5.07. The van der Waals surface area contributed by atoms with Crippen molar-refractivity contribution in [2.45, 2.75) is 53.1 Å². The molecule has 6 nitrogen and oxygen atoms in total. The van der Waals surface area contributed by atoms with Crippen molar-refractivity contribution >= 4 is 17.5 Å². The van der Waals surface area contributed by atoms with Crippen LogP contribution >= 0.6 is 0 Å². The minimum absolute atomic E-state index is 0.0372. The first-order chi connectivity index (χ1) is 16.7. The van der Waals surface area contributed by atoms with Gasteiger partial charge in [-0.1, -0.05) is 50.2 Å². The number of rotatable bonds is 7. The number of carbonyl (C=O) groups excluding carboxylic acids is 2. The summed E-state index contributed by atoms with van der Waals surface area (Å²) >= 11 is 0. The fourth-order valence-corrected chi connectivity index (χ4v) is 5.07. The van der Waals surface area contributed by atoms with Gasteiger partial charge in [-0.3, -0.25) is 14.6 Å². The number of methoxy groups -OCH3 is 1. The van der Waals surface area contributed by atoms with Crippen molar-refractivity contribution in [3.63, 3.8) is 0 Å². The van der Waals surface area contributed by atoms with Gasteiger partial charge in [0.1, 0.15) is 12.5 Å². The van der Waals surface area contributed by atoms with E-state index in [1.165, 1.54) is 0 Å². The van der Waals surface area contributed by atoms with E-state index in [4.69, 9.17) is 19.2 Å². The summed E-state index contributed by atoms with van der Waals surface area (Å²) in [5, 5.41) is 0. The second kappa shape index (κ2) is 10.1. The highest BCUT2D eigenvalue weighted by atomic mass is 16.5. The van der Waals surface area contributed by atoms with Gasteiger partial charge in [-0.15, -0.1) is 0 Å². The average molecular weight is 476 g/mol. The number of nitrogens with zero attached hydrogens (tertiary/aromatic N) is 1. The van der Waals surface area contributed by atoms with E-state index in [1.54, 1.807) is 14.0 Å². The van der Waals surface area contributed by atoms with Crippen LogP contribution in [0.4, 0.5) is 0 Å². The zero-order valence-electron chi connectivity index (χ0n) is 21.1. The van der Waals surface area contributed by atoms with E-state index in [1.807, 2.05) is 55.5 Å². The van der Waals surface area contributed by atoms with Crippen molar-refractivity contribution in [2.75, 3.05) is 13.7 Å². The molecular weight excluding hydrogens is 442 g/mol. The summed E-state index contributed by atoms with van der Waals surface area (Å²) in [6.07, 6.45) is 1.11. The zero-order valence-corrected chi connectivity index (χ0v) is 21.1. The van der Waals surface area contributed by atoms with Crippen LogP contribution in [0.5, 0.6) is 11.5 Å². The SMILES string of the molecule is CCOC(=O)C1C(C)=NC2=C(C(=O)CC(C)(C)C2)[C@@H]1c1ccc(OCc2ccccc2)c(OC)c1. The number of aliphatic imine (C=N–C) groups is 1. The molecular formula is C29H33NO5. The maximum atomic E-state index is 13.4. The summed E-state index contributed by atoms with van der Waals surface area (Å²) in [6, 6.07) is 15.5. The molecule has 1 heterocycles. The lowest BCUT2D eigenvalue weighted by Crippen LogP contribution is -2.39. The number of hydrogen-bond donors (Lipinski definition) is 0. The Balaban J connectivity index is 1.75. The number of Topliss-reactive ketones (excluding diaryl/α,β-unsaturated/α-hetero) is 1. The van der Waals surface area contributed by atoms with Gasteiger partial charge in [-0.05, 0) is 48.9 Å². The van der Waals surface area contributed by atoms with Crippen LogP contribution in [0.25, 0.3) is 0 Å². The molecule has 1 unspecified atom stereocenters. The van der Waals surface area contributed by atoms with Gasteiger partial charge >= 0.3 is 5.97 Å². The first kappa shape index (κ1) is 24.7. The molecule has 2 atom stereocenters. The van der Waals surface area contributed by atoms with Crippen molar-refractivity contribution < 1.29 is 23.8 Å². The van der Waals surface area contributed by atoms with Crippen LogP contribution in [0.3, 0.4) is 0 Å². The molecule has 0 saturated heterocycles. The van der Waals surface area contributed by atoms with Gasteiger partial charge in [0.25, 0.3) is 0 Å². The van der Waals surface area contributed by atoms with Crippen LogP contribution in [-0.2, 0) is 20.9 Å². The highest BCUT2D eigenvalue weighted by Gasteiger charge is 2.46. The second-order valence-electron chi connectivity index (χ2n) is 9.95. The van der Waals surface area contributed by atoms with Crippen molar-refractivity contribution in [3.05, 3.63) is 70.9 Å². The number of esters is 1. The minimum Gasteiger partial charge on any atom is -0.493 e. The summed E-state index contributed by atoms with van der Waals surface area (Å²) in [4.78, 5) is 31.2. The molecule has 0 bridgehead atoms. The fraction of sp³-hybridized carbons (Fsp3) is 0.414. The Labute approximate surface area is 207 Å². The monoisotopic (exact) mass is 475 g/mol. The number of carbonyl (C=O) groups is 2. The van der Waals surface area contributed by atoms with Gasteiger partial charge < -0.3 is 14.2 Å². The maximum Gasteiger partial charge on any atom is 0.315 e. The molecule has 2 aromatic carbocycles. The summed E-state index contributed by atoms with van der Waals surface area (Å²) in [5.74, 6) is -0.338. The highest BCUT2D eigenvalue weighted by molar-refractivity contribution is 6.09. The first-order valence-electron chi connectivity index (χ1n) is 12.1. The Morgan fingerprint density at radius 1 is 1.09 bits per heavy atom. The molecule has 0 saturated carbocycles. The Morgan fingerprint density at radius 2 is 1.83 bits per heavy atom. The molecule has 2 aliphatic rings. The summed E-state index contributed by atoms with van der Waals surface area (Å²) < 4.78 is 17.1. The average Bonchev–Trinajstić information content (AvgIpc) is 2.81. The number of benzene rings is 2. The second-order valence-corrected chi connectivity index (χ2v) is 9.95. The van der Waals surface area contributed by atoms with Gasteiger partial charge in [-0.2, -0.15) is 0 Å². The van der Waals surface area contributed by atoms with Crippen LogP contribution in [0, 0.1) is 11.3 Å². The Bertz CT molecular complexity index is 1180. The lowest BCUT2D eigenvalue weighted by atomic mass is 9.67. The molecule has 0 radical (unpaired) electrons. The quantitative estimate of drug-likeness (QED) is 0.484. The number of ketones is 1. The van der Waals surface area contributed by atoms with Gasteiger partial charge in [0.05, 0.1) is 13.7 Å². The van der Waals surface area contributed by atoms with E-state index >= 15 is 0 Å². The lowest BCUT2D eigenvalue weighted by Gasteiger charge is -2.39. The predicted octanol–water partition coefficient (Wildman–Crippen LogP) is 5.65. The molecule has 1 aliphatic carbocycles. The Morgan fingerprint density at radius 3 is 2.51 bits per heavy atom. The van der Waals surface area contributed by atoms with E-state index in [-0.39, 0.29) is 23.8 Å². The van der Waals surface area contributed by atoms with E-state index in [0.29, 0.717) is 42.2 Å². The van der Waals surface area contributed by atoms with Gasteiger partial charge in [0.2, 0.25) is 0 Å². The van der Waals surface area contributed by atoms with Crippen molar-refractivity contribution in [1.82, 2.24) is 0 Å². The number of hydrogen-bond acceptors (Lipinski definition) is 6. The maximum absolute atomic E-state index is 13.4. The van der Waals surface area contributed by atoms with E-state index < -0.39 is 11.8 Å². The van der Waals surface area contributed by atoms with Gasteiger partial charge in [0.15, 0.2) is 17.3 Å². The van der Waals surface area contributed by atoms with Gasteiger partial charge in [-0.25, -0.2) is 0 Å². The Kier molecular flexibility index (Phi) is 7.10. The largest absolute Gasteiger partial charge is 0.493 e. The predicted molar refractivity (Wildman–Crippen MR) is 135 cm³/mol. The molecule has 0 N–H and O–H groups in total. The number of ether oxygens (including phenoxy) is 3. The molecule has 0 spiro atoms. The first-order valence-corrected chi connectivity index (χ1v) is 12.1. The standard InChI is InChI=1S/C29H33NO5/c1-6-34-28(32)25-18(2)30-21-15-29(3,4)16-22(31)27(21)26(25)20-12-13-23(24(14-20)33-5)35-17-19-10-8-7-9-11-19/h7-14,25-26H,6,15-17H2,1-5H3/t25?,26-/m1/s1. The highest BCUT2D eigenvalue weighted by Crippen LogP contribution is 2.49. The normalized spacial score (nSPS) is 21.2. The van der Waals surface area contributed by atoms with Gasteiger partial charge in [0, 0.05) is 29.3 Å². The van der Waals surface area contributed by atoms with Crippen molar-refractivity contribution in [3.8, 4) is 11.5 Å². The molecule has 35 heavy (non-hydrogen) atoms. The summed E-state index contributed by atoms with van der Waals surface area (Å²) in [5.41, 5.74) is 3.74. The molecule has 2 aromatic rings. The summed E-state index contributed by atoms with van der Waals surface area (Å²) in [7, 11) is 1.59. The van der Waals surface area contributed by atoms with Crippen LogP contribution in [0.15, 0.2) is 64.8 Å². The molecule has 4 rings (SSSR count). The molecule has 1 aliphatic heterocycles. The third kappa shape index (κ3) is 5.16. The van der Waals surface area contributed by atoms with Crippen molar-refractivity contribution in [2.24, 2.45) is 16.3 Å². The smallest absolute Gasteiger partial charge is 0.315 e. The Hall–Kier alpha value is -3.41. The molecule has 6 heteroatoms. The third-order valence-electron chi connectivity index (χ3n) is 6.63. The van der Waals surface area contributed by atoms with Crippen LogP contribution in [0.2, 0.25) is 0 Å². The number of allylic oxidation sites excluding steroid dienone is 2. The molecule has 0 aromatic heterocycles. The van der Waals surface area contributed by atoms with Crippen LogP contribution in [-0.4, -0.2) is 31.2 Å². The molecule has 184 valence electrons. The molecule has 0 fully saturated rings. The topological polar surface area (TPSA) is 74.2 Å².